The molecule has 0 aromatic carbocycles. The summed E-state index contributed by atoms with van der Waals surface area (Å²) in [6.45, 7) is 9.79. The zero-order chi connectivity index (χ0) is 18.4. The highest BCUT2D eigenvalue weighted by atomic mass is 32.1. The van der Waals surface area contributed by atoms with Crippen molar-refractivity contribution in [3.05, 3.63) is 44.9 Å². The van der Waals surface area contributed by atoms with E-state index < -0.39 is 0 Å². The number of rotatable bonds is 3. The molecule has 1 aromatic heterocycles. The minimum atomic E-state index is -0.345. The van der Waals surface area contributed by atoms with Gasteiger partial charge in [-0.2, -0.15) is 0 Å². The van der Waals surface area contributed by atoms with Crippen molar-refractivity contribution in [2.24, 2.45) is 5.41 Å². The average molecular weight is 359 g/mol. The minimum Gasteiger partial charge on any atom is -0.460 e. The van der Waals surface area contributed by atoms with E-state index in [1.54, 1.807) is 11.3 Å². The van der Waals surface area contributed by atoms with Crippen LogP contribution in [-0.2, 0) is 14.3 Å². The van der Waals surface area contributed by atoms with Crippen LogP contribution in [0.4, 0.5) is 0 Å². The lowest BCUT2D eigenvalue weighted by Gasteiger charge is -2.39. The molecule has 3 rings (SSSR count). The fourth-order valence-corrected chi connectivity index (χ4v) is 4.57. The number of allylic oxidation sites excluding steroid dienone is 3. The van der Waals surface area contributed by atoms with Gasteiger partial charge >= 0.3 is 5.97 Å². The molecular formula is C20H25NO3S. The molecule has 1 N–H and O–H groups in total. The summed E-state index contributed by atoms with van der Waals surface area (Å²) >= 11 is 1.57. The van der Waals surface area contributed by atoms with Crippen molar-refractivity contribution >= 4 is 23.1 Å². The lowest BCUT2D eigenvalue weighted by molar-refractivity contribution is -0.143. The van der Waals surface area contributed by atoms with E-state index in [0.717, 1.165) is 28.3 Å². The van der Waals surface area contributed by atoms with Crippen LogP contribution in [0.1, 0.15) is 58.3 Å². The Labute approximate surface area is 153 Å². The van der Waals surface area contributed by atoms with Gasteiger partial charge in [-0.15, -0.1) is 11.3 Å². The summed E-state index contributed by atoms with van der Waals surface area (Å²) in [6.07, 6.45) is 1.11. The van der Waals surface area contributed by atoms with Gasteiger partial charge in [0.15, 0.2) is 5.78 Å². The summed E-state index contributed by atoms with van der Waals surface area (Å²) in [5.74, 6) is -0.548. The second-order valence-corrected chi connectivity index (χ2v) is 8.88. The fraction of sp³-hybridized carbons (Fsp3) is 0.500. The molecule has 2 heterocycles. The standard InChI is InChI=1S/C20H25NO3S/c1-11(2)24-19(23)16-12(3)21-13-9-20(4,5)10-14(22)17(13)18(16)15-7-6-8-25-15/h6-8,11,18,21H,9-10H2,1-5H3/t18-/m0/s1. The molecule has 1 aliphatic carbocycles. The Morgan fingerprint density at radius 2 is 2.08 bits per heavy atom. The second-order valence-electron chi connectivity index (χ2n) is 7.90. The van der Waals surface area contributed by atoms with Gasteiger partial charge in [0.2, 0.25) is 0 Å². The maximum Gasteiger partial charge on any atom is 0.337 e. The van der Waals surface area contributed by atoms with Gasteiger partial charge in [-0.1, -0.05) is 19.9 Å². The van der Waals surface area contributed by atoms with E-state index in [1.807, 2.05) is 38.3 Å². The summed E-state index contributed by atoms with van der Waals surface area (Å²) in [7, 11) is 0. The number of thiophene rings is 1. The molecule has 134 valence electrons. The quantitative estimate of drug-likeness (QED) is 0.818. The molecule has 0 radical (unpaired) electrons. The Hall–Kier alpha value is -1.88. The van der Waals surface area contributed by atoms with Crippen LogP contribution in [-0.4, -0.2) is 17.9 Å². The highest BCUT2D eigenvalue weighted by Crippen LogP contribution is 2.47. The van der Waals surface area contributed by atoms with Gasteiger partial charge in [0.1, 0.15) is 0 Å². The van der Waals surface area contributed by atoms with E-state index in [0.29, 0.717) is 12.0 Å². The molecule has 2 aliphatic rings. The molecule has 0 unspecified atom stereocenters. The number of esters is 1. The fourth-order valence-electron chi connectivity index (χ4n) is 3.72. The Morgan fingerprint density at radius 3 is 2.68 bits per heavy atom. The van der Waals surface area contributed by atoms with E-state index in [2.05, 4.69) is 19.2 Å². The normalized spacial score (nSPS) is 22.8. The first-order valence-corrected chi connectivity index (χ1v) is 9.56. The number of hydrogen-bond donors (Lipinski definition) is 1. The first-order chi connectivity index (χ1) is 11.7. The van der Waals surface area contributed by atoms with Gasteiger partial charge in [-0.3, -0.25) is 4.79 Å². The number of ether oxygens (including phenoxy) is 1. The largest absolute Gasteiger partial charge is 0.460 e. The Morgan fingerprint density at radius 1 is 1.36 bits per heavy atom. The molecule has 1 aromatic rings. The van der Waals surface area contributed by atoms with Crippen LogP contribution in [0.15, 0.2) is 40.1 Å². The zero-order valence-corrected chi connectivity index (χ0v) is 16.3. The van der Waals surface area contributed by atoms with Gasteiger partial charge in [0.25, 0.3) is 0 Å². The van der Waals surface area contributed by atoms with Gasteiger partial charge in [0, 0.05) is 28.3 Å². The van der Waals surface area contributed by atoms with Crippen molar-refractivity contribution in [1.82, 2.24) is 5.32 Å². The van der Waals surface area contributed by atoms with Crippen LogP contribution in [0, 0.1) is 5.41 Å². The third-order valence-electron chi connectivity index (χ3n) is 4.63. The van der Waals surface area contributed by atoms with Crippen molar-refractivity contribution in [2.75, 3.05) is 0 Å². The van der Waals surface area contributed by atoms with E-state index in [1.165, 1.54) is 0 Å². The molecule has 0 bridgehead atoms. The third kappa shape index (κ3) is 3.43. The number of carbonyl (C=O) groups excluding carboxylic acids is 2. The van der Waals surface area contributed by atoms with Crippen molar-refractivity contribution in [2.45, 2.75) is 59.5 Å². The van der Waals surface area contributed by atoms with Crippen molar-refractivity contribution in [3.8, 4) is 0 Å². The zero-order valence-electron chi connectivity index (χ0n) is 15.4. The van der Waals surface area contributed by atoms with Gasteiger partial charge < -0.3 is 10.1 Å². The Balaban J connectivity index is 2.12. The number of ketones is 1. The second kappa shape index (κ2) is 6.45. The van der Waals surface area contributed by atoms with Gasteiger partial charge in [-0.25, -0.2) is 4.79 Å². The van der Waals surface area contributed by atoms with E-state index >= 15 is 0 Å². The Bertz CT molecular complexity index is 769. The highest BCUT2D eigenvalue weighted by molar-refractivity contribution is 7.10. The van der Waals surface area contributed by atoms with Crippen LogP contribution in [0.2, 0.25) is 0 Å². The van der Waals surface area contributed by atoms with E-state index in [9.17, 15) is 9.59 Å². The number of Topliss-reactive ketones (excluding diaryl/α,β-unsaturated/α-hetero) is 1. The first kappa shape index (κ1) is 17.9. The van der Waals surface area contributed by atoms with Crippen LogP contribution >= 0.6 is 11.3 Å². The molecule has 0 saturated carbocycles. The molecule has 5 heteroatoms. The number of nitrogens with one attached hydrogen (secondary N) is 1. The topological polar surface area (TPSA) is 55.4 Å². The minimum absolute atomic E-state index is 0.0703. The van der Waals surface area contributed by atoms with Crippen molar-refractivity contribution in [1.29, 1.82) is 0 Å². The maximum atomic E-state index is 13.0. The predicted octanol–water partition coefficient (Wildman–Crippen LogP) is 4.30. The molecule has 4 nitrogen and oxygen atoms in total. The molecule has 1 aliphatic heterocycles. The van der Waals surface area contributed by atoms with Crippen LogP contribution in [0.5, 0.6) is 0 Å². The van der Waals surface area contributed by atoms with Crippen molar-refractivity contribution < 1.29 is 14.3 Å². The molecule has 25 heavy (non-hydrogen) atoms. The lowest BCUT2D eigenvalue weighted by atomic mass is 9.70. The molecule has 0 spiro atoms. The SMILES string of the molecule is CC1=C(C(=O)OC(C)C)[C@H](c2cccs2)C2=C(CC(C)(C)CC2=O)N1. The summed E-state index contributed by atoms with van der Waals surface area (Å²) in [6, 6.07) is 3.95. The van der Waals surface area contributed by atoms with Gasteiger partial charge in [0.05, 0.1) is 17.6 Å². The summed E-state index contributed by atoms with van der Waals surface area (Å²) in [5.41, 5.74) is 2.97. The molecule has 0 amide bonds. The number of hydrogen-bond acceptors (Lipinski definition) is 5. The van der Waals surface area contributed by atoms with E-state index in [-0.39, 0.29) is 29.2 Å². The van der Waals surface area contributed by atoms with E-state index in [4.69, 9.17) is 4.74 Å². The summed E-state index contributed by atoms with van der Waals surface area (Å²) in [5, 5.41) is 5.32. The predicted molar refractivity (Wildman–Crippen MR) is 99.2 cm³/mol. The van der Waals surface area contributed by atoms with Crippen LogP contribution < -0.4 is 5.32 Å². The monoisotopic (exact) mass is 359 g/mol. The van der Waals surface area contributed by atoms with Crippen LogP contribution in [0.25, 0.3) is 0 Å². The van der Waals surface area contributed by atoms with Crippen molar-refractivity contribution in [3.63, 3.8) is 0 Å². The molecular weight excluding hydrogens is 334 g/mol. The number of carbonyl (C=O) groups is 2. The Kier molecular flexibility index (Phi) is 4.62. The smallest absolute Gasteiger partial charge is 0.337 e. The van der Waals surface area contributed by atoms with Gasteiger partial charge in [-0.05, 0) is 44.1 Å². The molecule has 0 fully saturated rings. The van der Waals surface area contributed by atoms with Crippen LogP contribution in [0.3, 0.4) is 0 Å². The summed E-state index contributed by atoms with van der Waals surface area (Å²) < 4.78 is 5.48. The maximum absolute atomic E-state index is 13.0. The lowest BCUT2D eigenvalue weighted by Crippen LogP contribution is -2.38. The molecule has 0 saturated heterocycles. The summed E-state index contributed by atoms with van der Waals surface area (Å²) in [4.78, 5) is 26.8. The average Bonchev–Trinajstić information content (AvgIpc) is 2.96. The highest BCUT2D eigenvalue weighted by Gasteiger charge is 2.43. The number of dihydropyridines is 1. The third-order valence-corrected chi connectivity index (χ3v) is 5.57. The molecule has 1 atom stereocenters. The first-order valence-electron chi connectivity index (χ1n) is 8.68.